The van der Waals surface area contributed by atoms with Gasteiger partial charge in [0.25, 0.3) is 0 Å². The van der Waals surface area contributed by atoms with Crippen LogP contribution in [0.5, 0.6) is 5.75 Å². The molecule has 3 aliphatic rings. The molecule has 1 fully saturated rings. The summed E-state index contributed by atoms with van der Waals surface area (Å²) in [5.41, 5.74) is 9.62. The molecule has 0 radical (unpaired) electrons. The Hall–Kier alpha value is -4.74. The summed E-state index contributed by atoms with van der Waals surface area (Å²) in [5.74, 6) is -0.343. The summed E-state index contributed by atoms with van der Waals surface area (Å²) in [6.45, 7) is 13.2. The van der Waals surface area contributed by atoms with Gasteiger partial charge in [-0.1, -0.05) is 30.4 Å². The van der Waals surface area contributed by atoms with Crippen molar-refractivity contribution in [3.05, 3.63) is 77.5 Å². The lowest BCUT2D eigenvalue weighted by Crippen LogP contribution is -2.45. The number of ether oxygens (including phenoxy) is 3. The molecule has 0 unspecified atom stereocenters. The number of hydrogen-bond donors (Lipinski definition) is 2. The van der Waals surface area contributed by atoms with Crippen molar-refractivity contribution in [1.29, 1.82) is 0 Å². The third kappa shape index (κ3) is 7.33. The number of nitrogens with two attached hydrogens (primary N) is 1. The minimum atomic E-state index is -1.26. The van der Waals surface area contributed by atoms with Gasteiger partial charge in [0.15, 0.2) is 11.8 Å². The maximum atomic E-state index is 12.8. The number of rotatable bonds is 4. The number of carboxylic acid groups (broad SMARTS) is 1. The molecule has 7 rings (SSSR count). The zero-order chi connectivity index (χ0) is 35.1. The molecule has 1 amide bonds. The van der Waals surface area contributed by atoms with Gasteiger partial charge in [-0.05, 0) is 84.2 Å². The van der Waals surface area contributed by atoms with Crippen molar-refractivity contribution in [2.45, 2.75) is 84.2 Å². The largest absolute Gasteiger partial charge is 0.490 e. The molecule has 4 aromatic rings. The van der Waals surface area contributed by atoms with Gasteiger partial charge in [0, 0.05) is 48.0 Å². The van der Waals surface area contributed by atoms with E-state index in [1.807, 2.05) is 71.0 Å². The van der Waals surface area contributed by atoms with E-state index in [4.69, 9.17) is 30.0 Å². The lowest BCUT2D eigenvalue weighted by Gasteiger charge is -2.41. The third-order valence-corrected chi connectivity index (χ3v) is 9.11. The molecule has 3 N–H and O–H groups in total. The minimum Gasteiger partial charge on any atom is -0.490 e. The van der Waals surface area contributed by atoms with Crippen molar-refractivity contribution < 1.29 is 28.9 Å². The highest BCUT2D eigenvalue weighted by atomic mass is 16.5. The zero-order valence-electron chi connectivity index (χ0n) is 29.0. The van der Waals surface area contributed by atoms with Crippen LogP contribution in [0, 0.1) is 6.92 Å². The van der Waals surface area contributed by atoms with Crippen LogP contribution in [-0.4, -0.2) is 68.6 Å². The number of amides is 1. The molecular formula is C38H45N5O6. The van der Waals surface area contributed by atoms with Gasteiger partial charge in [0.05, 0.1) is 35.2 Å². The second-order valence-corrected chi connectivity index (χ2v) is 14.2. The van der Waals surface area contributed by atoms with E-state index in [9.17, 15) is 14.7 Å². The van der Waals surface area contributed by atoms with Gasteiger partial charge >= 0.3 is 5.97 Å². The fraction of sp³-hybridized carbons (Fsp3) is 0.421. The number of aromatic nitrogens is 3. The van der Waals surface area contributed by atoms with Crippen molar-refractivity contribution in [2.24, 2.45) is 5.73 Å². The van der Waals surface area contributed by atoms with E-state index in [2.05, 4.69) is 17.9 Å². The number of anilines is 1. The van der Waals surface area contributed by atoms with E-state index in [-0.39, 0.29) is 11.7 Å². The highest BCUT2D eigenvalue weighted by Crippen LogP contribution is 2.39. The Bertz CT molecular complexity index is 1920. The molecule has 11 heteroatoms. The fourth-order valence-electron chi connectivity index (χ4n) is 6.52. The van der Waals surface area contributed by atoms with Crippen LogP contribution < -0.4 is 15.4 Å². The van der Waals surface area contributed by atoms with Crippen LogP contribution in [0.1, 0.15) is 81.6 Å². The van der Waals surface area contributed by atoms with E-state index in [1.54, 1.807) is 22.7 Å². The summed E-state index contributed by atoms with van der Waals surface area (Å²) in [4.78, 5) is 32.1. The molecule has 2 aromatic carbocycles. The van der Waals surface area contributed by atoms with Crippen molar-refractivity contribution in [1.82, 2.24) is 14.6 Å². The second-order valence-electron chi connectivity index (χ2n) is 14.2. The molecule has 0 saturated carbocycles. The maximum Gasteiger partial charge on any atom is 0.337 e. The van der Waals surface area contributed by atoms with Gasteiger partial charge in [-0.15, -0.1) is 0 Å². The van der Waals surface area contributed by atoms with Crippen molar-refractivity contribution >= 4 is 23.3 Å². The average Bonchev–Trinajstić information content (AvgIpc) is 3.46. The van der Waals surface area contributed by atoms with E-state index in [1.165, 1.54) is 0 Å². The number of carboxylic acids is 1. The summed E-state index contributed by atoms with van der Waals surface area (Å²) >= 11 is 0. The quantitative estimate of drug-likeness (QED) is 0.233. The average molecular weight is 668 g/mol. The number of benzene rings is 2. The van der Waals surface area contributed by atoms with Crippen LogP contribution in [-0.2, 0) is 14.3 Å². The minimum absolute atomic E-state index is 0.140. The lowest BCUT2D eigenvalue weighted by molar-refractivity contribution is -0.160. The first-order valence-electron chi connectivity index (χ1n) is 16.8. The molecule has 2 aromatic heterocycles. The fourth-order valence-corrected chi connectivity index (χ4v) is 6.52. The van der Waals surface area contributed by atoms with Crippen molar-refractivity contribution in [2.75, 3.05) is 24.6 Å². The number of carbonyl (C=O) groups is 2. The third-order valence-electron chi connectivity index (χ3n) is 9.11. The number of fused-ring (bicyclic) bond motifs is 7. The molecule has 6 bridgehead atoms. The number of aryl methyl sites for hydroxylation is 1. The van der Waals surface area contributed by atoms with Gasteiger partial charge in [0.1, 0.15) is 11.6 Å². The monoisotopic (exact) mass is 667 g/mol. The Morgan fingerprint density at radius 1 is 1.08 bits per heavy atom. The number of primary amides is 1. The molecule has 5 heterocycles. The molecule has 0 aliphatic carbocycles. The van der Waals surface area contributed by atoms with E-state index in [0.29, 0.717) is 65.8 Å². The van der Waals surface area contributed by atoms with Crippen LogP contribution in [0.15, 0.2) is 60.7 Å². The number of carbonyl (C=O) groups excluding carboxylic acids is 1. The first-order valence-corrected chi connectivity index (χ1v) is 16.8. The van der Waals surface area contributed by atoms with E-state index < -0.39 is 23.6 Å². The second kappa shape index (κ2) is 13.3. The molecule has 49 heavy (non-hydrogen) atoms. The normalized spacial score (nSPS) is 21.2. The highest BCUT2D eigenvalue weighted by molar-refractivity contribution is 5.95. The molecule has 1 saturated heterocycles. The topological polar surface area (TPSA) is 142 Å². The molecule has 258 valence electrons. The highest BCUT2D eigenvalue weighted by Gasteiger charge is 2.37. The maximum absolute atomic E-state index is 12.8. The Labute approximate surface area is 286 Å². The summed E-state index contributed by atoms with van der Waals surface area (Å²) < 4.78 is 20.8. The van der Waals surface area contributed by atoms with E-state index >= 15 is 0 Å². The standard InChI is InChI=1S/C38H45N5O6/c1-23-10-7-8-19-47-38(6)15-17-42(18-16-38)35-32(33(36(45)46)49-37(3,4)5)24(2)40-31-22-29(41-43(31)35)26-12-9-11-25(20-26)28-21-27(34(39)44)13-14-30(28)48-23/h7-9,11-14,20-23,33H,10,15-19H2,1-6H3,(H2,39,44)(H,45,46)/b8-7+/t23-,33-/m0/s1. The van der Waals surface area contributed by atoms with Crippen molar-refractivity contribution in [3.63, 3.8) is 0 Å². The zero-order valence-corrected chi connectivity index (χ0v) is 29.0. The number of piperidine rings is 1. The van der Waals surface area contributed by atoms with Crippen LogP contribution >= 0.6 is 0 Å². The van der Waals surface area contributed by atoms with Gasteiger partial charge in [-0.25, -0.2) is 9.78 Å². The van der Waals surface area contributed by atoms with Gasteiger partial charge in [0.2, 0.25) is 5.91 Å². The summed E-state index contributed by atoms with van der Waals surface area (Å²) in [7, 11) is 0. The lowest BCUT2D eigenvalue weighted by atomic mass is 9.92. The summed E-state index contributed by atoms with van der Waals surface area (Å²) in [6, 6.07) is 15.0. The molecular weight excluding hydrogens is 622 g/mol. The molecule has 11 nitrogen and oxygen atoms in total. The molecule has 3 aliphatic heterocycles. The van der Waals surface area contributed by atoms with Gasteiger partial charge in [-0.2, -0.15) is 9.61 Å². The number of hydrogen-bond acceptors (Lipinski definition) is 8. The van der Waals surface area contributed by atoms with E-state index in [0.717, 1.165) is 29.5 Å². The van der Waals surface area contributed by atoms with Gasteiger partial charge < -0.3 is 30.0 Å². The smallest absolute Gasteiger partial charge is 0.337 e. The predicted octanol–water partition coefficient (Wildman–Crippen LogP) is 6.51. The summed E-state index contributed by atoms with van der Waals surface area (Å²) in [5, 5.41) is 15.5. The Morgan fingerprint density at radius 2 is 1.82 bits per heavy atom. The summed E-state index contributed by atoms with van der Waals surface area (Å²) in [6.07, 6.45) is 4.83. The Balaban J connectivity index is 1.56. The van der Waals surface area contributed by atoms with Crippen LogP contribution in [0.4, 0.5) is 5.82 Å². The number of nitrogens with zero attached hydrogens (tertiary/aromatic N) is 4. The first-order chi connectivity index (χ1) is 23.2. The van der Waals surface area contributed by atoms with Gasteiger partial charge in [-0.3, -0.25) is 4.79 Å². The number of aliphatic carboxylic acids is 1. The predicted molar refractivity (Wildman–Crippen MR) is 188 cm³/mol. The molecule has 0 spiro atoms. The van der Waals surface area contributed by atoms with Crippen LogP contribution in [0.3, 0.4) is 0 Å². The van der Waals surface area contributed by atoms with Crippen LogP contribution in [0.25, 0.3) is 28.0 Å². The van der Waals surface area contributed by atoms with Crippen molar-refractivity contribution in [3.8, 4) is 28.1 Å². The first kappa shape index (κ1) is 34.1. The van der Waals surface area contributed by atoms with Crippen LogP contribution in [0.2, 0.25) is 0 Å². The Kier molecular flexibility index (Phi) is 9.25. The molecule has 2 atom stereocenters. The SMILES string of the molecule is Cc1nc2cc3nn2c(c1[C@H](OC(C)(C)C)C(=O)O)N1CCC(C)(CC1)OC/C=C/C[C@H](C)Oc1ccc(C(N)=O)cc1-c1cccc-3c1. The Morgan fingerprint density at radius 3 is 2.51 bits per heavy atom.